The van der Waals surface area contributed by atoms with Crippen LogP contribution in [0.3, 0.4) is 0 Å². The Morgan fingerprint density at radius 2 is 2.16 bits per heavy atom. The average molecular weight is 263 g/mol. The smallest absolute Gasteiger partial charge is 0.335 e. The molecule has 2 N–H and O–H groups in total. The number of carbonyl (C=O) groups is 1. The van der Waals surface area contributed by atoms with Gasteiger partial charge in [-0.25, -0.2) is 4.79 Å². The molecule has 2 rings (SSSR count). The van der Waals surface area contributed by atoms with E-state index in [-0.39, 0.29) is 6.61 Å². The molecule has 0 aromatic heterocycles. The van der Waals surface area contributed by atoms with Gasteiger partial charge in [0.2, 0.25) is 0 Å². The van der Waals surface area contributed by atoms with Crippen LogP contribution in [0.1, 0.15) is 41.6 Å². The molecular formula is C15H21NO3. The first kappa shape index (κ1) is 13.9. The lowest BCUT2D eigenvalue weighted by Crippen LogP contribution is -2.41. The molecule has 104 valence electrons. The third-order valence-corrected chi connectivity index (χ3v) is 3.83. The number of carboxylic acid groups (broad SMARTS) is 1. The molecule has 1 aromatic rings. The van der Waals surface area contributed by atoms with Gasteiger partial charge in [-0.15, -0.1) is 0 Å². The highest BCUT2D eigenvalue weighted by molar-refractivity contribution is 5.88. The molecule has 1 saturated carbocycles. The first-order valence-electron chi connectivity index (χ1n) is 6.85. The van der Waals surface area contributed by atoms with Crippen molar-refractivity contribution in [3.05, 3.63) is 29.3 Å². The van der Waals surface area contributed by atoms with Crippen molar-refractivity contribution in [1.82, 2.24) is 0 Å². The Labute approximate surface area is 113 Å². The molecule has 0 atom stereocenters. The number of aromatic carboxylic acids is 1. The van der Waals surface area contributed by atoms with E-state index in [1.165, 1.54) is 19.3 Å². The number of carboxylic acids is 1. The fourth-order valence-electron chi connectivity index (χ4n) is 2.55. The second kappa shape index (κ2) is 6.06. The fourth-order valence-corrected chi connectivity index (χ4v) is 2.55. The second-order valence-electron chi connectivity index (χ2n) is 5.16. The third-order valence-electron chi connectivity index (χ3n) is 3.83. The number of anilines is 1. The van der Waals surface area contributed by atoms with E-state index < -0.39 is 5.97 Å². The molecule has 0 amide bonds. The molecular weight excluding hydrogens is 242 g/mol. The van der Waals surface area contributed by atoms with Crippen LogP contribution in [0.25, 0.3) is 0 Å². The Hall–Kier alpha value is -1.55. The summed E-state index contributed by atoms with van der Waals surface area (Å²) in [5.74, 6) is -0.889. The van der Waals surface area contributed by atoms with Crippen LogP contribution < -0.4 is 4.90 Å². The van der Waals surface area contributed by atoms with Gasteiger partial charge in [0.1, 0.15) is 0 Å². The van der Waals surface area contributed by atoms with Crippen molar-refractivity contribution in [2.75, 3.05) is 18.1 Å². The lowest BCUT2D eigenvalue weighted by Gasteiger charge is -2.40. The minimum Gasteiger partial charge on any atom is -0.478 e. The zero-order chi connectivity index (χ0) is 13.8. The van der Waals surface area contributed by atoms with Gasteiger partial charge in [-0.2, -0.15) is 0 Å². The molecule has 1 aliphatic carbocycles. The lowest BCUT2D eigenvalue weighted by molar-refractivity contribution is 0.0697. The minimum absolute atomic E-state index is 0.190. The quantitative estimate of drug-likeness (QED) is 0.827. The Balaban J connectivity index is 2.22. The number of nitrogens with zero attached hydrogens (tertiary/aromatic N) is 1. The van der Waals surface area contributed by atoms with Gasteiger partial charge in [-0.05, 0) is 56.4 Å². The SMILES string of the molecule is Cc1cc(C(=O)O)ccc1N(CCCO)C1CCC1. The highest BCUT2D eigenvalue weighted by Gasteiger charge is 2.25. The van der Waals surface area contributed by atoms with Crippen molar-refractivity contribution < 1.29 is 15.0 Å². The lowest BCUT2D eigenvalue weighted by atomic mass is 9.90. The van der Waals surface area contributed by atoms with Crippen LogP contribution in [0.15, 0.2) is 18.2 Å². The number of benzene rings is 1. The molecule has 19 heavy (non-hydrogen) atoms. The van der Waals surface area contributed by atoms with E-state index >= 15 is 0 Å². The molecule has 0 heterocycles. The Morgan fingerprint density at radius 3 is 2.63 bits per heavy atom. The van der Waals surface area contributed by atoms with E-state index in [0.29, 0.717) is 11.6 Å². The summed E-state index contributed by atoms with van der Waals surface area (Å²) in [6.45, 7) is 2.97. The molecule has 0 bridgehead atoms. The van der Waals surface area contributed by atoms with E-state index in [1.807, 2.05) is 13.0 Å². The van der Waals surface area contributed by atoms with Crippen molar-refractivity contribution in [3.8, 4) is 0 Å². The largest absolute Gasteiger partial charge is 0.478 e. The predicted molar refractivity (Wildman–Crippen MR) is 74.8 cm³/mol. The van der Waals surface area contributed by atoms with Gasteiger partial charge >= 0.3 is 5.97 Å². The van der Waals surface area contributed by atoms with Gasteiger partial charge in [0.15, 0.2) is 0 Å². The normalized spacial score (nSPS) is 15.1. The standard InChI is InChI=1S/C15H21NO3/c1-11-10-12(15(18)19)6-7-14(11)16(8-3-9-17)13-4-2-5-13/h6-7,10,13,17H,2-5,8-9H2,1H3,(H,18,19). The number of rotatable bonds is 6. The second-order valence-corrected chi connectivity index (χ2v) is 5.16. The van der Waals surface area contributed by atoms with Crippen LogP contribution in [-0.4, -0.2) is 35.4 Å². The highest BCUT2D eigenvalue weighted by Crippen LogP contribution is 2.32. The van der Waals surface area contributed by atoms with Gasteiger partial charge in [0.05, 0.1) is 5.56 Å². The summed E-state index contributed by atoms with van der Waals surface area (Å²) in [6, 6.07) is 5.83. The average Bonchev–Trinajstić information content (AvgIpc) is 2.32. The van der Waals surface area contributed by atoms with E-state index in [0.717, 1.165) is 24.2 Å². The molecule has 0 spiro atoms. The van der Waals surface area contributed by atoms with Crippen LogP contribution >= 0.6 is 0 Å². The van der Waals surface area contributed by atoms with E-state index in [1.54, 1.807) is 12.1 Å². The van der Waals surface area contributed by atoms with Crippen molar-refractivity contribution in [3.63, 3.8) is 0 Å². The Bertz CT molecular complexity index is 455. The number of hydrogen-bond donors (Lipinski definition) is 2. The van der Waals surface area contributed by atoms with E-state index in [4.69, 9.17) is 10.2 Å². The Kier molecular flexibility index (Phi) is 4.43. The molecule has 0 aliphatic heterocycles. The van der Waals surface area contributed by atoms with Gasteiger partial charge < -0.3 is 15.1 Å². The van der Waals surface area contributed by atoms with E-state index in [2.05, 4.69) is 4.90 Å². The summed E-state index contributed by atoms with van der Waals surface area (Å²) in [5, 5.41) is 18.0. The molecule has 1 aliphatic rings. The van der Waals surface area contributed by atoms with Crippen LogP contribution in [0, 0.1) is 6.92 Å². The molecule has 0 radical (unpaired) electrons. The van der Waals surface area contributed by atoms with Crippen LogP contribution in [0.2, 0.25) is 0 Å². The van der Waals surface area contributed by atoms with Crippen LogP contribution in [-0.2, 0) is 0 Å². The Morgan fingerprint density at radius 1 is 1.42 bits per heavy atom. The summed E-state index contributed by atoms with van der Waals surface area (Å²) in [6.07, 6.45) is 4.38. The topological polar surface area (TPSA) is 60.8 Å². The van der Waals surface area contributed by atoms with Gasteiger partial charge in [-0.1, -0.05) is 0 Å². The first-order chi connectivity index (χ1) is 9.13. The molecule has 1 aromatic carbocycles. The number of aliphatic hydroxyl groups excluding tert-OH is 1. The van der Waals surface area contributed by atoms with Gasteiger partial charge in [-0.3, -0.25) is 0 Å². The van der Waals surface area contributed by atoms with Crippen molar-refractivity contribution in [2.24, 2.45) is 0 Å². The minimum atomic E-state index is -0.889. The summed E-state index contributed by atoms with van der Waals surface area (Å²) in [4.78, 5) is 13.3. The monoisotopic (exact) mass is 263 g/mol. The van der Waals surface area contributed by atoms with Crippen LogP contribution in [0.5, 0.6) is 0 Å². The maximum atomic E-state index is 11.0. The van der Waals surface area contributed by atoms with Crippen molar-refractivity contribution >= 4 is 11.7 Å². The predicted octanol–water partition coefficient (Wildman–Crippen LogP) is 2.43. The molecule has 0 unspecified atom stereocenters. The summed E-state index contributed by atoms with van der Waals surface area (Å²) in [7, 11) is 0. The summed E-state index contributed by atoms with van der Waals surface area (Å²) < 4.78 is 0. The summed E-state index contributed by atoms with van der Waals surface area (Å²) >= 11 is 0. The van der Waals surface area contributed by atoms with Gasteiger partial charge in [0.25, 0.3) is 0 Å². The van der Waals surface area contributed by atoms with Crippen LogP contribution in [0.4, 0.5) is 5.69 Å². The molecule has 0 saturated heterocycles. The van der Waals surface area contributed by atoms with Crippen molar-refractivity contribution in [2.45, 2.75) is 38.6 Å². The van der Waals surface area contributed by atoms with E-state index in [9.17, 15) is 4.79 Å². The third kappa shape index (κ3) is 3.07. The van der Waals surface area contributed by atoms with Gasteiger partial charge in [0, 0.05) is 24.9 Å². The highest BCUT2D eigenvalue weighted by atomic mass is 16.4. The number of hydrogen-bond acceptors (Lipinski definition) is 3. The zero-order valence-corrected chi connectivity index (χ0v) is 11.3. The molecule has 4 heteroatoms. The number of aryl methyl sites for hydroxylation is 1. The zero-order valence-electron chi connectivity index (χ0n) is 11.3. The maximum absolute atomic E-state index is 11.0. The maximum Gasteiger partial charge on any atom is 0.335 e. The molecule has 1 fully saturated rings. The fraction of sp³-hybridized carbons (Fsp3) is 0.533. The van der Waals surface area contributed by atoms with Crippen molar-refractivity contribution in [1.29, 1.82) is 0 Å². The number of aliphatic hydroxyl groups is 1. The summed E-state index contributed by atoms with van der Waals surface area (Å²) in [5.41, 5.74) is 2.42. The first-order valence-corrected chi connectivity index (χ1v) is 6.85. The molecule has 4 nitrogen and oxygen atoms in total.